The van der Waals surface area contributed by atoms with Crippen LogP contribution in [0.1, 0.15) is 129 Å². The predicted molar refractivity (Wildman–Crippen MR) is 300 cm³/mol. The fourth-order valence-corrected chi connectivity index (χ4v) is 8.91. The third-order valence-electron chi connectivity index (χ3n) is 14.1. The van der Waals surface area contributed by atoms with Crippen molar-refractivity contribution in [1.29, 1.82) is 0 Å². The van der Waals surface area contributed by atoms with Gasteiger partial charge in [0.2, 0.25) is 17.6 Å². The van der Waals surface area contributed by atoms with Crippen LogP contribution in [0.3, 0.4) is 0 Å². The molecule has 1 fully saturated rings. The molecule has 0 aliphatic carbocycles. The van der Waals surface area contributed by atoms with Crippen LogP contribution in [0.15, 0.2) is 60.8 Å². The highest BCUT2D eigenvalue weighted by molar-refractivity contribution is 6.38. The van der Waals surface area contributed by atoms with E-state index < -0.39 is 35.2 Å². The number of benzene rings is 3. The summed E-state index contributed by atoms with van der Waals surface area (Å²) in [5, 5.41) is 5.68. The summed E-state index contributed by atoms with van der Waals surface area (Å²) < 4.78 is 34.5. The molecule has 1 aromatic heterocycles. The first-order valence-electron chi connectivity index (χ1n) is 27.5. The number of piperidine rings is 1. The summed E-state index contributed by atoms with van der Waals surface area (Å²) in [5.74, 6) is -0.902. The number of nitrogens with two attached hydrogens (primary N) is 2. The Hall–Kier alpha value is -6.96. The number of rotatable bonds is 34. The van der Waals surface area contributed by atoms with Gasteiger partial charge in [-0.25, -0.2) is 9.78 Å². The maximum Gasteiger partial charge on any atom is 0.329 e. The predicted octanol–water partition coefficient (Wildman–Crippen LogP) is 6.80. The van der Waals surface area contributed by atoms with Crippen molar-refractivity contribution < 1.29 is 57.2 Å². The minimum atomic E-state index is -0.870. The van der Waals surface area contributed by atoms with E-state index in [0.717, 1.165) is 45.4 Å². The molecule has 19 heteroatoms. The maximum atomic E-state index is 14.0. The molecule has 2 heterocycles. The zero-order valence-electron chi connectivity index (χ0n) is 47.4. The molecule has 3 aromatic carbocycles. The van der Waals surface area contributed by atoms with Crippen molar-refractivity contribution in [3.05, 3.63) is 105 Å². The number of nitrogens with zero attached hydrogens (tertiary/aromatic N) is 3. The van der Waals surface area contributed by atoms with Crippen molar-refractivity contribution in [2.75, 3.05) is 84.5 Å². The van der Waals surface area contributed by atoms with Crippen molar-refractivity contribution in [3.8, 4) is 11.5 Å². The summed E-state index contributed by atoms with van der Waals surface area (Å²) in [6.45, 7) is 14.7. The van der Waals surface area contributed by atoms with Gasteiger partial charge in [-0.05, 0) is 117 Å². The van der Waals surface area contributed by atoms with Gasteiger partial charge in [0.1, 0.15) is 23.7 Å². The second kappa shape index (κ2) is 32.2. The standard InChI is InChI=1S/C60H83N7O12/c1-8-60(5,6)55(71)57(72)67-25-10-9-16-49(67)58(73)79-50(21-19-43-18-17-40(2)41(3)32-43)46-15-11-14-44(34-46)36-48(68)20-22-52(69)63-23-12-26-75-28-30-77-31-29-76-27-13-24-64-53(70)39-78-54-42(4)33-45(37-51(54)74-7)35-47-38-65-59(62)66-56(47)61/h11,14-15,17-18,32-34,37-38,49-50H,8-10,12-13,16,19-31,35-36,39H2,1-7H3,(H,63,69)(H,64,70)(H4,61,62,65,66)/t49?,50-/m1/s1. The maximum absolute atomic E-state index is 14.0. The number of aromatic nitrogens is 2. The lowest BCUT2D eigenvalue weighted by Crippen LogP contribution is -2.53. The van der Waals surface area contributed by atoms with Gasteiger partial charge >= 0.3 is 5.97 Å². The smallest absolute Gasteiger partial charge is 0.329 e. The van der Waals surface area contributed by atoms with Crippen molar-refractivity contribution in [1.82, 2.24) is 25.5 Å². The molecular formula is C60H83N7O12. The van der Waals surface area contributed by atoms with Gasteiger partial charge in [0.05, 0.1) is 33.5 Å². The number of carbonyl (C=O) groups excluding carboxylic acids is 6. The molecule has 5 rings (SSSR count). The van der Waals surface area contributed by atoms with Crippen LogP contribution in [0.25, 0.3) is 0 Å². The number of ether oxygens (including phenoxy) is 6. The van der Waals surface area contributed by atoms with Crippen LogP contribution in [-0.4, -0.2) is 129 Å². The number of hydrogen-bond donors (Lipinski definition) is 4. The van der Waals surface area contributed by atoms with E-state index in [1.165, 1.54) is 17.6 Å². The summed E-state index contributed by atoms with van der Waals surface area (Å²) in [7, 11) is 1.54. The summed E-state index contributed by atoms with van der Waals surface area (Å²) in [5.41, 5.74) is 18.1. The lowest BCUT2D eigenvalue weighted by molar-refractivity contribution is -0.164. The molecule has 2 atom stereocenters. The van der Waals surface area contributed by atoms with Crippen LogP contribution in [0, 0.1) is 26.2 Å². The molecule has 0 spiro atoms. The lowest BCUT2D eigenvalue weighted by atomic mass is 9.84. The molecule has 19 nitrogen and oxygen atoms in total. The number of likely N-dealkylation sites (tertiary alicyclic amines) is 1. The van der Waals surface area contributed by atoms with Crippen molar-refractivity contribution in [3.63, 3.8) is 0 Å². The number of aryl methyl sites for hydroxylation is 4. The SMILES string of the molecule is CCC(C)(C)C(=O)C(=O)N1CCCCC1C(=O)O[C@H](CCc1ccc(C)c(C)c1)c1cccc(CC(=O)CCC(=O)NCCCOCCOCCOCCCNC(=O)COc2c(C)cc(Cc3cnc(N)nc3N)cc2OC)c1. The van der Waals surface area contributed by atoms with Gasteiger partial charge in [0.25, 0.3) is 11.8 Å². The van der Waals surface area contributed by atoms with E-state index in [2.05, 4.69) is 52.6 Å². The Kier molecular flexibility index (Phi) is 25.6. The van der Waals surface area contributed by atoms with E-state index in [9.17, 15) is 28.8 Å². The monoisotopic (exact) mass is 1090 g/mol. The molecule has 430 valence electrons. The van der Waals surface area contributed by atoms with Crippen LogP contribution >= 0.6 is 0 Å². The number of hydrogen-bond acceptors (Lipinski definition) is 16. The van der Waals surface area contributed by atoms with Crippen LogP contribution in [0.2, 0.25) is 0 Å². The molecule has 79 heavy (non-hydrogen) atoms. The Morgan fingerprint density at radius 2 is 1.47 bits per heavy atom. The highest BCUT2D eigenvalue weighted by atomic mass is 16.6. The topological polar surface area (TPSA) is 263 Å². The molecular weight excluding hydrogens is 1010 g/mol. The second-order valence-electron chi connectivity index (χ2n) is 20.7. The van der Waals surface area contributed by atoms with E-state index in [1.807, 2.05) is 50.2 Å². The largest absolute Gasteiger partial charge is 0.493 e. The first-order chi connectivity index (χ1) is 37.9. The van der Waals surface area contributed by atoms with Gasteiger partial charge in [-0.2, -0.15) is 4.98 Å². The molecule has 1 saturated heterocycles. The zero-order chi connectivity index (χ0) is 57.3. The highest BCUT2D eigenvalue weighted by Gasteiger charge is 2.41. The third-order valence-corrected chi connectivity index (χ3v) is 14.1. The lowest BCUT2D eigenvalue weighted by Gasteiger charge is -2.36. The Morgan fingerprint density at radius 3 is 2.14 bits per heavy atom. The Morgan fingerprint density at radius 1 is 0.785 bits per heavy atom. The number of nitrogens with one attached hydrogen (secondary N) is 2. The summed E-state index contributed by atoms with van der Waals surface area (Å²) in [6.07, 6.45) is 6.24. The molecule has 1 aliphatic heterocycles. The number of esters is 1. The molecule has 0 radical (unpaired) electrons. The van der Waals surface area contributed by atoms with Crippen LogP contribution in [0.5, 0.6) is 11.5 Å². The fraction of sp³-hybridized carbons (Fsp3) is 0.533. The minimum absolute atomic E-state index is 0.0531. The Balaban J connectivity index is 0.923. The summed E-state index contributed by atoms with van der Waals surface area (Å²) in [6, 6.07) is 16.6. The summed E-state index contributed by atoms with van der Waals surface area (Å²) in [4.78, 5) is 88.5. The van der Waals surface area contributed by atoms with E-state index in [0.29, 0.717) is 128 Å². The number of Topliss-reactive ketones (excluding diaryl/α,β-unsaturated/α-hetero) is 2. The zero-order valence-corrected chi connectivity index (χ0v) is 47.4. The van der Waals surface area contributed by atoms with Gasteiger partial charge in [-0.15, -0.1) is 0 Å². The van der Waals surface area contributed by atoms with Gasteiger partial charge in [0, 0.05) is 75.7 Å². The van der Waals surface area contributed by atoms with E-state index in [1.54, 1.807) is 20.0 Å². The Bertz CT molecular complexity index is 2680. The van der Waals surface area contributed by atoms with Crippen molar-refractivity contribution in [2.45, 2.75) is 131 Å². The second-order valence-corrected chi connectivity index (χ2v) is 20.7. The van der Waals surface area contributed by atoms with Gasteiger partial charge < -0.3 is 55.4 Å². The molecule has 0 saturated carbocycles. The van der Waals surface area contributed by atoms with Crippen molar-refractivity contribution >= 4 is 47.0 Å². The van der Waals surface area contributed by atoms with E-state index >= 15 is 0 Å². The Labute approximate surface area is 465 Å². The normalized spacial score (nSPS) is 13.8. The fourth-order valence-electron chi connectivity index (χ4n) is 8.91. The first kappa shape index (κ1) is 62.9. The number of anilines is 2. The molecule has 0 bridgehead atoms. The average Bonchev–Trinajstić information content (AvgIpc) is 3.47. The quantitative estimate of drug-likeness (QED) is 0.0213. The van der Waals surface area contributed by atoms with Gasteiger partial charge in [-0.1, -0.05) is 69.3 Å². The number of amides is 3. The summed E-state index contributed by atoms with van der Waals surface area (Å²) >= 11 is 0. The number of methoxy groups -OCH3 is 1. The van der Waals surface area contributed by atoms with Gasteiger partial charge in [-0.3, -0.25) is 24.0 Å². The van der Waals surface area contributed by atoms with Crippen LogP contribution in [-0.2, 0) is 67.0 Å². The molecule has 6 N–H and O–H groups in total. The average molecular weight is 1090 g/mol. The van der Waals surface area contributed by atoms with E-state index in [-0.39, 0.29) is 49.4 Å². The van der Waals surface area contributed by atoms with Gasteiger partial charge in [0.15, 0.2) is 18.1 Å². The van der Waals surface area contributed by atoms with Crippen LogP contribution in [0.4, 0.5) is 11.8 Å². The van der Waals surface area contributed by atoms with E-state index in [4.69, 9.17) is 39.9 Å². The third kappa shape index (κ3) is 20.7. The molecule has 4 aromatic rings. The molecule has 1 unspecified atom stereocenters. The van der Waals surface area contributed by atoms with Crippen LogP contribution < -0.4 is 31.6 Å². The minimum Gasteiger partial charge on any atom is -0.493 e. The highest BCUT2D eigenvalue weighted by Crippen LogP contribution is 2.34. The molecule has 3 amide bonds. The number of carbonyl (C=O) groups is 6. The number of nitrogen functional groups attached to an aromatic ring is 2. The number of ketones is 2. The molecule has 1 aliphatic rings. The first-order valence-corrected chi connectivity index (χ1v) is 27.5. The van der Waals surface area contributed by atoms with Crippen molar-refractivity contribution in [2.24, 2.45) is 5.41 Å².